The molecule has 0 fully saturated rings. The van der Waals surface area contributed by atoms with Crippen molar-refractivity contribution in [1.29, 1.82) is 0 Å². The number of imidazole rings is 1. The molecule has 0 aliphatic rings. The van der Waals surface area contributed by atoms with E-state index < -0.39 is 0 Å². The van der Waals surface area contributed by atoms with E-state index in [1.165, 1.54) is 17.6 Å². The van der Waals surface area contributed by atoms with Gasteiger partial charge in [0.15, 0.2) is 5.76 Å². The van der Waals surface area contributed by atoms with Crippen molar-refractivity contribution in [2.45, 2.75) is 13.5 Å². The molecule has 2 N–H and O–H groups in total. The lowest BCUT2D eigenvalue weighted by Gasteiger charge is -2.02. The predicted molar refractivity (Wildman–Crippen MR) is 102 cm³/mol. The Balaban J connectivity index is 1.42. The molecular formula is C19H16N4O3S. The third-order valence-corrected chi connectivity index (χ3v) is 5.10. The van der Waals surface area contributed by atoms with Crippen molar-refractivity contribution in [3.8, 4) is 0 Å². The normalized spacial score (nSPS) is 10.9. The number of nitrogens with one attached hydrogen (secondary N) is 2. The molecule has 0 saturated carbocycles. The summed E-state index contributed by atoms with van der Waals surface area (Å²) in [5.41, 5.74) is 2.40. The number of aromatic nitrogens is 2. The molecule has 0 atom stereocenters. The summed E-state index contributed by atoms with van der Waals surface area (Å²) in [4.78, 5) is 29.6. The van der Waals surface area contributed by atoms with Crippen molar-refractivity contribution in [1.82, 2.24) is 14.7 Å². The maximum absolute atomic E-state index is 12.5. The van der Waals surface area contributed by atoms with Gasteiger partial charge in [0.05, 0.1) is 28.4 Å². The molecule has 0 unspecified atom stereocenters. The van der Waals surface area contributed by atoms with Crippen LogP contribution in [0, 0.1) is 6.92 Å². The van der Waals surface area contributed by atoms with E-state index in [4.69, 9.17) is 4.42 Å². The minimum Gasteiger partial charge on any atom is -0.459 e. The van der Waals surface area contributed by atoms with Gasteiger partial charge in [-0.05, 0) is 42.8 Å². The fourth-order valence-electron chi connectivity index (χ4n) is 2.67. The molecule has 4 aromatic heterocycles. The number of carbonyl (C=O) groups excluding carboxylic acids is 2. The third kappa shape index (κ3) is 3.61. The molecule has 0 saturated heterocycles. The zero-order valence-corrected chi connectivity index (χ0v) is 15.2. The second kappa shape index (κ2) is 7.08. The third-order valence-electron chi connectivity index (χ3n) is 3.95. The fourth-order valence-corrected chi connectivity index (χ4v) is 3.66. The number of anilines is 1. The number of carbonyl (C=O) groups is 2. The first-order chi connectivity index (χ1) is 13.1. The van der Waals surface area contributed by atoms with Crippen LogP contribution in [-0.2, 0) is 6.54 Å². The van der Waals surface area contributed by atoms with E-state index in [1.807, 2.05) is 41.9 Å². The summed E-state index contributed by atoms with van der Waals surface area (Å²) in [6, 6.07) is 10.7. The Kier molecular flexibility index (Phi) is 4.47. The summed E-state index contributed by atoms with van der Waals surface area (Å²) >= 11 is 1.22. The predicted octanol–water partition coefficient (Wildman–Crippen LogP) is 3.48. The molecule has 136 valence electrons. The lowest BCUT2D eigenvalue weighted by molar-refractivity contribution is 0.0952. The van der Waals surface area contributed by atoms with Crippen LogP contribution in [0.5, 0.6) is 0 Å². The van der Waals surface area contributed by atoms with Gasteiger partial charge in [-0.3, -0.25) is 9.59 Å². The lowest BCUT2D eigenvalue weighted by atomic mass is 10.2. The minimum absolute atomic E-state index is 0.201. The first kappa shape index (κ1) is 17.0. The Bertz CT molecular complexity index is 1080. The number of furan rings is 1. The van der Waals surface area contributed by atoms with Crippen molar-refractivity contribution < 1.29 is 14.0 Å². The monoisotopic (exact) mass is 380 g/mol. The van der Waals surface area contributed by atoms with Gasteiger partial charge in [-0.15, -0.1) is 11.3 Å². The van der Waals surface area contributed by atoms with Crippen molar-refractivity contribution in [3.05, 3.63) is 76.9 Å². The number of hydrogen-bond acceptors (Lipinski definition) is 5. The van der Waals surface area contributed by atoms with Crippen molar-refractivity contribution in [2.24, 2.45) is 0 Å². The smallest absolute Gasteiger partial charge is 0.291 e. The van der Waals surface area contributed by atoms with Gasteiger partial charge < -0.3 is 19.5 Å². The first-order valence-corrected chi connectivity index (χ1v) is 9.08. The number of rotatable bonds is 5. The quantitative estimate of drug-likeness (QED) is 0.555. The fraction of sp³-hybridized carbons (Fsp3) is 0.105. The van der Waals surface area contributed by atoms with Crippen LogP contribution in [-0.4, -0.2) is 21.2 Å². The molecule has 0 bridgehead atoms. The molecule has 0 spiro atoms. The second-order valence-corrected chi connectivity index (χ2v) is 6.99. The summed E-state index contributed by atoms with van der Waals surface area (Å²) in [6.45, 7) is 2.16. The van der Waals surface area contributed by atoms with E-state index in [-0.39, 0.29) is 17.6 Å². The van der Waals surface area contributed by atoms with E-state index in [1.54, 1.807) is 18.2 Å². The molecule has 0 radical (unpaired) electrons. The van der Waals surface area contributed by atoms with E-state index in [9.17, 15) is 9.59 Å². The van der Waals surface area contributed by atoms with Gasteiger partial charge in [0, 0.05) is 12.4 Å². The zero-order valence-electron chi connectivity index (χ0n) is 14.4. The molecule has 4 aromatic rings. The molecule has 7 nitrogen and oxygen atoms in total. The van der Waals surface area contributed by atoms with E-state index >= 15 is 0 Å². The molecule has 8 heteroatoms. The maximum atomic E-state index is 12.5. The summed E-state index contributed by atoms with van der Waals surface area (Å²) in [5, 5.41) is 6.21. The topological polar surface area (TPSA) is 88.6 Å². The van der Waals surface area contributed by atoms with Crippen LogP contribution >= 0.6 is 11.3 Å². The molecular weight excluding hydrogens is 364 g/mol. The Hall–Kier alpha value is -3.39. The maximum Gasteiger partial charge on any atom is 0.291 e. The van der Waals surface area contributed by atoms with Gasteiger partial charge >= 0.3 is 0 Å². The summed E-state index contributed by atoms with van der Waals surface area (Å²) in [6.07, 6.45) is 5.23. The number of fused-ring (bicyclic) bond motifs is 1. The molecule has 0 aromatic carbocycles. The van der Waals surface area contributed by atoms with Crippen LogP contribution in [0.4, 0.5) is 5.00 Å². The standard InChI is InChI=1S/C19H16N4O3S/c1-12-9-16(22-18(24)14-5-4-8-26-14)27-17(12)19(25)20-10-13-11-23-7-3-2-6-15(23)21-13/h2-9,11H,10H2,1H3,(H,20,25)(H,22,24). The number of hydrogen-bond donors (Lipinski definition) is 2. The highest BCUT2D eigenvalue weighted by Gasteiger charge is 2.16. The molecule has 4 heterocycles. The Morgan fingerprint density at radius 3 is 2.89 bits per heavy atom. The van der Waals surface area contributed by atoms with Gasteiger partial charge in [-0.25, -0.2) is 4.98 Å². The molecule has 27 heavy (non-hydrogen) atoms. The number of pyridine rings is 1. The highest BCUT2D eigenvalue weighted by Crippen LogP contribution is 2.27. The Morgan fingerprint density at radius 2 is 2.11 bits per heavy atom. The average molecular weight is 380 g/mol. The van der Waals surface area contributed by atoms with Crippen molar-refractivity contribution in [2.75, 3.05) is 5.32 Å². The molecule has 2 amide bonds. The van der Waals surface area contributed by atoms with Crippen LogP contribution < -0.4 is 10.6 Å². The summed E-state index contributed by atoms with van der Waals surface area (Å²) < 4.78 is 6.97. The lowest BCUT2D eigenvalue weighted by Crippen LogP contribution is -2.22. The first-order valence-electron chi connectivity index (χ1n) is 8.26. The second-order valence-electron chi connectivity index (χ2n) is 5.94. The molecule has 0 aliphatic heterocycles. The van der Waals surface area contributed by atoms with E-state index in [0.717, 1.165) is 16.9 Å². The minimum atomic E-state index is -0.349. The van der Waals surface area contributed by atoms with Gasteiger partial charge in [0.25, 0.3) is 11.8 Å². The number of thiophene rings is 1. The van der Waals surface area contributed by atoms with Crippen LogP contribution in [0.15, 0.2) is 59.5 Å². The van der Waals surface area contributed by atoms with E-state index in [0.29, 0.717) is 16.4 Å². The average Bonchev–Trinajstić information content (AvgIpc) is 3.39. The number of amides is 2. The number of nitrogens with zero attached hydrogens (tertiary/aromatic N) is 2. The highest BCUT2D eigenvalue weighted by atomic mass is 32.1. The SMILES string of the molecule is Cc1cc(NC(=O)c2ccco2)sc1C(=O)NCc1cn2ccccc2n1. The summed E-state index contributed by atoms with van der Waals surface area (Å²) in [7, 11) is 0. The van der Waals surface area contributed by atoms with Crippen LogP contribution in [0.3, 0.4) is 0 Å². The zero-order chi connectivity index (χ0) is 18.8. The highest BCUT2D eigenvalue weighted by molar-refractivity contribution is 7.18. The van der Waals surface area contributed by atoms with E-state index in [2.05, 4.69) is 15.6 Å². The Labute approximate surface area is 158 Å². The Morgan fingerprint density at radius 1 is 1.22 bits per heavy atom. The van der Waals surface area contributed by atoms with Crippen LogP contribution in [0.25, 0.3) is 5.65 Å². The largest absolute Gasteiger partial charge is 0.459 e. The molecule has 0 aliphatic carbocycles. The van der Waals surface area contributed by atoms with Crippen LogP contribution in [0.1, 0.15) is 31.5 Å². The van der Waals surface area contributed by atoms with Gasteiger partial charge in [-0.1, -0.05) is 6.07 Å². The summed E-state index contributed by atoms with van der Waals surface area (Å²) in [5.74, 6) is -0.329. The van der Waals surface area contributed by atoms with Crippen molar-refractivity contribution in [3.63, 3.8) is 0 Å². The number of aryl methyl sites for hydroxylation is 1. The van der Waals surface area contributed by atoms with Crippen molar-refractivity contribution >= 4 is 33.8 Å². The van der Waals surface area contributed by atoms with Gasteiger partial charge in [0.1, 0.15) is 5.65 Å². The van der Waals surface area contributed by atoms with Crippen LogP contribution in [0.2, 0.25) is 0 Å². The van der Waals surface area contributed by atoms with Gasteiger partial charge in [0.2, 0.25) is 0 Å². The molecule has 4 rings (SSSR count). The van der Waals surface area contributed by atoms with Gasteiger partial charge in [-0.2, -0.15) is 0 Å².